The summed E-state index contributed by atoms with van der Waals surface area (Å²) in [5.74, 6) is 0.163. The normalized spacial score (nSPS) is 17.5. The Labute approximate surface area is 118 Å². The Bertz CT molecular complexity index is 419. The first kappa shape index (κ1) is 14.5. The van der Waals surface area contributed by atoms with Crippen LogP contribution >= 0.6 is 11.3 Å². The van der Waals surface area contributed by atoms with Crippen LogP contribution in [0.5, 0.6) is 0 Å². The highest BCUT2D eigenvalue weighted by Gasteiger charge is 2.21. The molecule has 1 fully saturated rings. The largest absolute Gasteiger partial charge is 0.395 e. The first-order valence-corrected chi connectivity index (χ1v) is 7.77. The molecule has 0 aromatic carbocycles. The molecule has 4 nitrogen and oxygen atoms in total. The lowest BCUT2D eigenvalue weighted by Crippen LogP contribution is -2.35. The minimum Gasteiger partial charge on any atom is -0.395 e. The maximum atomic E-state index is 12.4. The van der Waals surface area contributed by atoms with Crippen molar-refractivity contribution in [3.63, 3.8) is 0 Å². The molecule has 5 heteroatoms. The van der Waals surface area contributed by atoms with Gasteiger partial charge in [-0.25, -0.2) is 0 Å². The lowest BCUT2D eigenvalue weighted by atomic mass is 10.3. The number of carbonyl (C=O) groups is 1. The molecular formula is C14H22N2O2S. The molecule has 1 aromatic heterocycles. The number of amides is 1. The predicted molar refractivity (Wildman–Crippen MR) is 77.7 cm³/mol. The van der Waals surface area contributed by atoms with Crippen LogP contribution in [-0.2, 0) is 6.42 Å². The number of aryl methyl sites for hydroxylation is 1. The molecule has 0 bridgehead atoms. The Morgan fingerprint density at radius 1 is 1.32 bits per heavy atom. The highest BCUT2D eigenvalue weighted by atomic mass is 32.1. The van der Waals surface area contributed by atoms with Gasteiger partial charge in [0.05, 0.1) is 11.5 Å². The quantitative estimate of drug-likeness (QED) is 0.909. The van der Waals surface area contributed by atoms with E-state index < -0.39 is 0 Å². The minimum atomic E-state index is 0.163. The molecule has 1 amide bonds. The third-order valence-electron chi connectivity index (χ3n) is 3.51. The maximum absolute atomic E-state index is 12.4. The van der Waals surface area contributed by atoms with Gasteiger partial charge in [-0.1, -0.05) is 6.92 Å². The number of rotatable bonds is 4. The number of hydrogen-bond acceptors (Lipinski definition) is 4. The van der Waals surface area contributed by atoms with Gasteiger partial charge in [-0.2, -0.15) is 0 Å². The molecule has 2 heterocycles. The summed E-state index contributed by atoms with van der Waals surface area (Å²) in [4.78, 5) is 18.7. The predicted octanol–water partition coefficient (Wildman–Crippen LogP) is 1.45. The summed E-state index contributed by atoms with van der Waals surface area (Å²) in [6, 6.07) is 4.00. The number of aliphatic hydroxyl groups excluding tert-OH is 1. The second-order valence-corrected chi connectivity index (χ2v) is 6.00. The lowest BCUT2D eigenvalue weighted by molar-refractivity contribution is 0.0765. The molecular weight excluding hydrogens is 260 g/mol. The summed E-state index contributed by atoms with van der Waals surface area (Å²) in [6.45, 7) is 6.42. The summed E-state index contributed by atoms with van der Waals surface area (Å²) in [6.07, 6.45) is 1.97. The van der Waals surface area contributed by atoms with Crippen molar-refractivity contribution < 1.29 is 9.90 Å². The Hall–Kier alpha value is -0.910. The fraction of sp³-hybridized carbons (Fsp3) is 0.643. The maximum Gasteiger partial charge on any atom is 0.263 e. The van der Waals surface area contributed by atoms with Crippen LogP contribution in [0.25, 0.3) is 0 Å². The van der Waals surface area contributed by atoms with E-state index in [-0.39, 0.29) is 12.5 Å². The highest BCUT2D eigenvalue weighted by molar-refractivity contribution is 7.14. The number of thiophene rings is 1. The molecule has 1 aromatic rings. The Morgan fingerprint density at radius 3 is 2.84 bits per heavy atom. The van der Waals surface area contributed by atoms with Gasteiger partial charge in [-0.15, -0.1) is 11.3 Å². The van der Waals surface area contributed by atoms with Gasteiger partial charge in [0.15, 0.2) is 0 Å². The van der Waals surface area contributed by atoms with Crippen molar-refractivity contribution >= 4 is 17.2 Å². The molecule has 0 atom stereocenters. The van der Waals surface area contributed by atoms with Crippen molar-refractivity contribution in [1.82, 2.24) is 9.80 Å². The van der Waals surface area contributed by atoms with Crippen LogP contribution in [0.1, 0.15) is 27.9 Å². The fourth-order valence-corrected chi connectivity index (χ4v) is 3.29. The molecule has 0 radical (unpaired) electrons. The SMILES string of the molecule is CCc1ccc(C(=O)N2CCCN(CCO)CC2)s1. The van der Waals surface area contributed by atoms with Gasteiger partial charge >= 0.3 is 0 Å². The van der Waals surface area contributed by atoms with E-state index in [9.17, 15) is 4.79 Å². The van der Waals surface area contributed by atoms with Crippen LogP contribution in [-0.4, -0.2) is 60.1 Å². The van der Waals surface area contributed by atoms with Crippen LogP contribution in [0.2, 0.25) is 0 Å². The van der Waals surface area contributed by atoms with E-state index in [2.05, 4.69) is 11.8 Å². The van der Waals surface area contributed by atoms with E-state index in [1.165, 1.54) is 4.88 Å². The number of carbonyl (C=O) groups excluding carboxylic acids is 1. The fourth-order valence-electron chi connectivity index (χ4n) is 2.38. The number of hydrogen-bond donors (Lipinski definition) is 1. The molecule has 1 aliphatic heterocycles. The van der Waals surface area contributed by atoms with Crippen molar-refractivity contribution in [2.45, 2.75) is 19.8 Å². The Morgan fingerprint density at radius 2 is 2.16 bits per heavy atom. The van der Waals surface area contributed by atoms with E-state index in [1.54, 1.807) is 11.3 Å². The van der Waals surface area contributed by atoms with Gasteiger partial charge in [0.2, 0.25) is 0 Å². The standard InChI is InChI=1S/C14H22N2O2S/c1-2-12-4-5-13(19-12)14(18)16-7-3-6-15(8-9-16)10-11-17/h4-5,17H,2-3,6-11H2,1H3. The Kier molecular flexibility index (Phi) is 5.36. The zero-order chi connectivity index (χ0) is 13.7. The molecule has 19 heavy (non-hydrogen) atoms. The van der Waals surface area contributed by atoms with E-state index in [4.69, 9.17) is 5.11 Å². The summed E-state index contributed by atoms with van der Waals surface area (Å²) in [5.41, 5.74) is 0. The third-order valence-corrected chi connectivity index (χ3v) is 4.73. The van der Waals surface area contributed by atoms with E-state index in [0.717, 1.165) is 43.9 Å². The summed E-state index contributed by atoms with van der Waals surface area (Å²) in [5, 5.41) is 8.97. The van der Waals surface area contributed by atoms with Gasteiger partial charge in [-0.05, 0) is 31.5 Å². The van der Waals surface area contributed by atoms with Crippen molar-refractivity contribution in [1.29, 1.82) is 0 Å². The zero-order valence-corrected chi connectivity index (χ0v) is 12.3. The molecule has 1 aliphatic rings. The molecule has 0 spiro atoms. The molecule has 106 valence electrons. The van der Waals surface area contributed by atoms with Gasteiger partial charge in [0.1, 0.15) is 0 Å². The highest BCUT2D eigenvalue weighted by Crippen LogP contribution is 2.19. The Balaban J connectivity index is 1.95. The van der Waals surface area contributed by atoms with Gasteiger partial charge in [-0.3, -0.25) is 9.69 Å². The van der Waals surface area contributed by atoms with Gasteiger partial charge in [0.25, 0.3) is 5.91 Å². The van der Waals surface area contributed by atoms with Crippen LogP contribution in [0.3, 0.4) is 0 Å². The summed E-state index contributed by atoms with van der Waals surface area (Å²) < 4.78 is 0. The lowest BCUT2D eigenvalue weighted by Gasteiger charge is -2.20. The van der Waals surface area contributed by atoms with E-state index in [0.29, 0.717) is 6.54 Å². The second-order valence-electron chi connectivity index (χ2n) is 4.83. The van der Waals surface area contributed by atoms with Crippen molar-refractivity contribution in [3.05, 3.63) is 21.9 Å². The summed E-state index contributed by atoms with van der Waals surface area (Å²) in [7, 11) is 0. The van der Waals surface area contributed by atoms with E-state index in [1.807, 2.05) is 17.0 Å². The van der Waals surface area contributed by atoms with Crippen molar-refractivity contribution in [2.24, 2.45) is 0 Å². The second kappa shape index (κ2) is 7.03. The minimum absolute atomic E-state index is 0.163. The molecule has 0 saturated carbocycles. The number of aliphatic hydroxyl groups is 1. The molecule has 1 N–H and O–H groups in total. The van der Waals surface area contributed by atoms with Gasteiger partial charge < -0.3 is 10.0 Å². The monoisotopic (exact) mass is 282 g/mol. The van der Waals surface area contributed by atoms with Crippen LogP contribution in [0.15, 0.2) is 12.1 Å². The van der Waals surface area contributed by atoms with Crippen molar-refractivity contribution in [2.75, 3.05) is 39.3 Å². The average molecular weight is 282 g/mol. The first-order valence-electron chi connectivity index (χ1n) is 6.95. The summed E-state index contributed by atoms with van der Waals surface area (Å²) >= 11 is 1.61. The van der Waals surface area contributed by atoms with Gasteiger partial charge in [0, 0.05) is 31.1 Å². The zero-order valence-electron chi connectivity index (χ0n) is 11.5. The molecule has 0 aliphatic carbocycles. The topological polar surface area (TPSA) is 43.8 Å². The van der Waals surface area contributed by atoms with Crippen molar-refractivity contribution in [3.8, 4) is 0 Å². The third kappa shape index (κ3) is 3.78. The average Bonchev–Trinajstić information content (AvgIpc) is 2.79. The molecule has 2 rings (SSSR count). The molecule has 1 saturated heterocycles. The number of nitrogens with zero attached hydrogens (tertiary/aromatic N) is 2. The van der Waals surface area contributed by atoms with Crippen LogP contribution < -0.4 is 0 Å². The first-order chi connectivity index (χ1) is 9.24. The van der Waals surface area contributed by atoms with Crippen LogP contribution in [0, 0.1) is 0 Å². The van der Waals surface area contributed by atoms with Crippen LogP contribution in [0.4, 0.5) is 0 Å². The number of β-amino-alcohol motifs (C(OH)–C–C–N with tert-alkyl or cyclic N) is 1. The van der Waals surface area contributed by atoms with E-state index >= 15 is 0 Å². The molecule has 0 unspecified atom stereocenters. The smallest absolute Gasteiger partial charge is 0.263 e.